The third-order valence-electron chi connectivity index (χ3n) is 3.50. The molecule has 0 aliphatic rings. The highest BCUT2D eigenvalue weighted by Crippen LogP contribution is 2.29. The number of hydrogen-bond acceptors (Lipinski definition) is 6. The molecular weight excluding hydrogens is 406 g/mol. The van der Waals surface area contributed by atoms with Crippen LogP contribution in [-0.4, -0.2) is 37.3 Å². The Kier molecular flexibility index (Phi) is 6.46. The Labute approximate surface area is 159 Å². The van der Waals surface area contributed by atoms with Gasteiger partial charge in [0, 0.05) is 10.5 Å². The van der Waals surface area contributed by atoms with Gasteiger partial charge in [0.15, 0.2) is 6.10 Å². The van der Waals surface area contributed by atoms with Crippen molar-refractivity contribution in [1.29, 1.82) is 0 Å². The number of esters is 1. The normalized spacial score (nSPS) is 11.4. The van der Waals surface area contributed by atoms with Crippen molar-refractivity contribution >= 4 is 33.5 Å². The van der Waals surface area contributed by atoms with Gasteiger partial charge in [-0.15, -0.1) is 0 Å². The van der Waals surface area contributed by atoms with Crippen LogP contribution >= 0.6 is 15.9 Å². The van der Waals surface area contributed by atoms with E-state index in [0.29, 0.717) is 21.7 Å². The number of carbonyl (C=O) groups is 2. The number of aromatic hydroxyl groups is 1. The molecule has 1 atom stereocenters. The minimum atomic E-state index is -1.10. The summed E-state index contributed by atoms with van der Waals surface area (Å²) in [5.74, 6) is -0.643. The Hall–Kier alpha value is -2.74. The zero-order chi connectivity index (χ0) is 19.3. The van der Waals surface area contributed by atoms with Gasteiger partial charge in [-0.1, -0.05) is 15.9 Å². The molecule has 0 heterocycles. The van der Waals surface area contributed by atoms with Crippen molar-refractivity contribution in [3.05, 3.63) is 46.4 Å². The number of rotatable bonds is 6. The summed E-state index contributed by atoms with van der Waals surface area (Å²) >= 11 is 3.21. The molecule has 1 unspecified atom stereocenters. The fourth-order valence-corrected chi connectivity index (χ4v) is 2.46. The Morgan fingerprint density at radius 1 is 1.12 bits per heavy atom. The van der Waals surface area contributed by atoms with Gasteiger partial charge in [0.2, 0.25) is 0 Å². The molecule has 0 aliphatic heterocycles. The second kappa shape index (κ2) is 8.57. The van der Waals surface area contributed by atoms with Crippen molar-refractivity contribution in [3.63, 3.8) is 0 Å². The first-order valence-corrected chi connectivity index (χ1v) is 8.37. The molecule has 0 radical (unpaired) electrons. The molecule has 26 heavy (non-hydrogen) atoms. The minimum Gasteiger partial charge on any atom is -0.507 e. The van der Waals surface area contributed by atoms with Crippen LogP contribution < -0.4 is 14.8 Å². The first kappa shape index (κ1) is 19.6. The van der Waals surface area contributed by atoms with Crippen molar-refractivity contribution in [1.82, 2.24) is 0 Å². The summed E-state index contributed by atoms with van der Waals surface area (Å²) in [5.41, 5.74) is 0.336. The van der Waals surface area contributed by atoms with Gasteiger partial charge < -0.3 is 24.6 Å². The number of ether oxygens (including phenoxy) is 3. The van der Waals surface area contributed by atoms with Crippen LogP contribution in [0.1, 0.15) is 17.3 Å². The molecular formula is C18H18BrNO6. The molecule has 0 fully saturated rings. The maximum atomic E-state index is 12.3. The number of anilines is 1. The summed E-state index contributed by atoms with van der Waals surface area (Å²) in [5, 5.41) is 12.4. The Morgan fingerprint density at radius 3 is 2.50 bits per heavy atom. The molecule has 2 rings (SSSR count). The monoisotopic (exact) mass is 423 g/mol. The lowest BCUT2D eigenvalue weighted by molar-refractivity contribution is -0.123. The summed E-state index contributed by atoms with van der Waals surface area (Å²) < 4.78 is 16.0. The molecule has 2 aromatic rings. The molecule has 2 N–H and O–H groups in total. The predicted octanol–water partition coefficient (Wildman–Crippen LogP) is 3.36. The zero-order valence-corrected chi connectivity index (χ0v) is 16.0. The van der Waals surface area contributed by atoms with Gasteiger partial charge in [-0.3, -0.25) is 4.79 Å². The predicted molar refractivity (Wildman–Crippen MR) is 98.9 cm³/mol. The number of methoxy groups -OCH3 is 2. The smallest absolute Gasteiger partial charge is 0.342 e. The molecule has 7 nitrogen and oxygen atoms in total. The fraction of sp³-hybridized carbons (Fsp3) is 0.222. The van der Waals surface area contributed by atoms with Gasteiger partial charge in [0.25, 0.3) is 5.91 Å². The van der Waals surface area contributed by atoms with Crippen LogP contribution in [0.2, 0.25) is 0 Å². The van der Waals surface area contributed by atoms with Crippen molar-refractivity contribution in [2.75, 3.05) is 19.5 Å². The van der Waals surface area contributed by atoms with E-state index in [-0.39, 0.29) is 11.3 Å². The number of phenols is 1. The maximum Gasteiger partial charge on any atom is 0.342 e. The highest BCUT2D eigenvalue weighted by atomic mass is 79.9. The standard InChI is InChI=1S/C18H18BrNO6/c1-10(26-18(23)13-8-11(19)4-6-15(13)21)17(22)20-14-9-12(24-2)5-7-16(14)25-3/h4-10,21H,1-3H3,(H,20,22). The van der Waals surface area contributed by atoms with Gasteiger partial charge in [-0.2, -0.15) is 0 Å². The molecule has 0 aromatic heterocycles. The van der Waals surface area contributed by atoms with Crippen LogP contribution in [0.15, 0.2) is 40.9 Å². The fourth-order valence-electron chi connectivity index (χ4n) is 2.10. The number of phenolic OH excluding ortho intramolecular Hbond substituents is 1. The summed E-state index contributed by atoms with van der Waals surface area (Å²) in [4.78, 5) is 24.5. The van der Waals surface area contributed by atoms with Gasteiger partial charge in [0.05, 0.1) is 19.9 Å². The largest absolute Gasteiger partial charge is 0.507 e. The average Bonchev–Trinajstić information content (AvgIpc) is 2.63. The van der Waals surface area contributed by atoms with Gasteiger partial charge in [0.1, 0.15) is 22.8 Å². The van der Waals surface area contributed by atoms with E-state index in [1.165, 1.54) is 33.3 Å². The first-order valence-electron chi connectivity index (χ1n) is 7.58. The highest BCUT2D eigenvalue weighted by Gasteiger charge is 2.22. The lowest BCUT2D eigenvalue weighted by Gasteiger charge is -2.16. The molecule has 2 aromatic carbocycles. The quantitative estimate of drug-likeness (QED) is 0.691. The third-order valence-corrected chi connectivity index (χ3v) is 3.99. The third kappa shape index (κ3) is 4.66. The Balaban J connectivity index is 2.10. The van der Waals surface area contributed by atoms with Crippen LogP contribution in [0.3, 0.4) is 0 Å². The second-order valence-electron chi connectivity index (χ2n) is 5.26. The number of hydrogen-bond donors (Lipinski definition) is 2. The molecule has 138 valence electrons. The van der Waals surface area contributed by atoms with E-state index >= 15 is 0 Å². The lowest BCUT2D eigenvalue weighted by Crippen LogP contribution is -2.30. The van der Waals surface area contributed by atoms with E-state index in [9.17, 15) is 14.7 Å². The molecule has 0 saturated carbocycles. The number of halogens is 1. The maximum absolute atomic E-state index is 12.3. The minimum absolute atomic E-state index is 0.0435. The highest BCUT2D eigenvalue weighted by molar-refractivity contribution is 9.10. The summed E-state index contributed by atoms with van der Waals surface area (Å²) in [6, 6.07) is 9.27. The lowest BCUT2D eigenvalue weighted by atomic mass is 10.2. The van der Waals surface area contributed by atoms with Crippen LogP contribution in [0, 0.1) is 0 Å². The van der Waals surface area contributed by atoms with Crippen LogP contribution in [0.4, 0.5) is 5.69 Å². The molecule has 0 spiro atoms. The molecule has 0 bridgehead atoms. The number of amides is 1. The van der Waals surface area contributed by atoms with Crippen LogP contribution in [0.25, 0.3) is 0 Å². The molecule has 8 heteroatoms. The van der Waals surface area contributed by atoms with E-state index in [0.717, 1.165) is 0 Å². The van der Waals surface area contributed by atoms with Crippen molar-refractivity contribution in [2.24, 2.45) is 0 Å². The summed E-state index contributed by atoms with van der Waals surface area (Å²) in [6.45, 7) is 1.43. The van der Waals surface area contributed by atoms with E-state index in [4.69, 9.17) is 14.2 Å². The average molecular weight is 424 g/mol. The van der Waals surface area contributed by atoms with Crippen molar-refractivity contribution in [3.8, 4) is 17.2 Å². The van der Waals surface area contributed by atoms with E-state index in [2.05, 4.69) is 21.2 Å². The van der Waals surface area contributed by atoms with E-state index in [1.807, 2.05) is 0 Å². The van der Waals surface area contributed by atoms with Crippen molar-refractivity contribution < 1.29 is 28.9 Å². The number of benzene rings is 2. The van der Waals surface area contributed by atoms with E-state index in [1.54, 1.807) is 24.3 Å². The number of carbonyl (C=O) groups excluding carboxylic acids is 2. The molecule has 0 saturated heterocycles. The van der Waals surface area contributed by atoms with Crippen molar-refractivity contribution in [2.45, 2.75) is 13.0 Å². The van der Waals surface area contributed by atoms with E-state index < -0.39 is 18.0 Å². The topological polar surface area (TPSA) is 94.1 Å². The SMILES string of the molecule is COc1ccc(OC)c(NC(=O)C(C)OC(=O)c2cc(Br)ccc2O)c1. The number of nitrogens with one attached hydrogen (secondary N) is 1. The second-order valence-corrected chi connectivity index (χ2v) is 6.18. The van der Waals surface area contributed by atoms with Crippen LogP contribution in [0.5, 0.6) is 17.2 Å². The van der Waals surface area contributed by atoms with Gasteiger partial charge >= 0.3 is 5.97 Å². The summed E-state index contributed by atoms with van der Waals surface area (Å²) in [7, 11) is 2.97. The zero-order valence-electron chi connectivity index (χ0n) is 14.4. The van der Waals surface area contributed by atoms with Gasteiger partial charge in [-0.25, -0.2) is 4.79 Å². The Bertz CT molecular complexity index is 823. The first-order chi connectivity index (χ1) is 12.3. The summed E-state index contributed by atoms with van der Waals surface area (Å²) in [6.07, 6.45) is -1.10. The Morgan fingerprint density at radius 2 is 1.85 bits per heavy atom. The van der Waals surface area contributed by atoms with Crippen LogP contribution in [-0.2, 0) is 9.53 Å². The van der Waals surface area contributed by atoms with Gasteiger partial charge in [-0.05, 0) is 37.3 Å². The molecule has 0 aliphatic carbocycles. The molecule has 1 amide bonds.